The van der Waals surface area contributed by atoms with Gasteiger partial charge in [0.15, 0.2) is 0 Å². The first-order valence-corrected chi connectivity index (χ1v) is 16.2. The molecule has 0 aliphatic heterocycles. The van der Waals surface area contributed by atoms with Crippen LogP contribution in [0.25, 0.3) is 0 Å². The van der Waals surface area contributed by atoms with Gasteiger partial charge in [-0.25, -0.2) is 0 Å². The van der Waals surface area contributed by atoms with Gasteiger partial charge in [0.05, 0.1) is 24.0 Å². The molecule has 226 valence electrons. The number of nitrogens with zero attached hydrogens (tertiary/aromatic N) is 1. The Kier molecular flexibility index (Phi) is 15.7. The molecule has 6 atom stereocenters. The summed E-state index contributed by atoms with van der Waals surface area (Å²) in [7, 11) is 2.70. The van der Waals surface area contributed by atoms with Crippen molar-refractivity contribution in [1.29, 1.82) is 0 Å². The van der Waals surface area contributed by atoms with Crippen molar-refractivity contribution in [3.8, 4) is 0 Å². The summed E-state index contributed by atoms with van der Waals surface area (Å²) < 4.78 is 12.7. The summed E-state index contributed by atoms with van der Waals surface area (Å²) in [5.41, 5.74) is 0.996. The van der Waals surface area contributed by atoms with Gasteiger partial charge in [0.2, 0.25) is 11.8 Å². The number of aliphatic hydroxyl groups is 2. The van der Waals surface area contributed by atoms with Crippen molar-refractivity contribution in [1.82, 2.24) is 15.5 Å². The molecule has 0 aromatic heterocycles. The second-order valence-corrected chi connectivity index (χ2v) is 13.2. The Morgan fingerprint density at radius 1 is 1.12 bits per heavy atom. The molecule has 2 amide bonds. The third-order valence-electron chi connectivity index (χ3n) is 7.73. The number of carbonyl (C=O) groups is 2. The van der Waals surface area contributed by atoms with Crippen LogP contribution in [0.4, 0.5) is 0 Å². The highest BCUT2D eigenvalue weighted by molar-refractivity contribution is 7.85. The summed E-state index contributed by atoms with van der Waals surface area (Å²) in [5, 5.41) is 27.1. The number of amides is 2. The van der Waals surface area contributed by atoms with Crippen LogP contribution >= 0.6 is 0 Å². The highest BCUT2D eigenvalue weighted by Gasteiger charge is 2.31. The van der Waals surface area contributed by atoms with E-state index in [0.29, 0.717) is 31.1 Å². The van der Waals surface area contributed by atoms with Gasteiger partial charge in [-0.2, -0.15) is 0 Å². The fraction of sp³-hybridized carbons (Fsp3) is 0.677. The van der Waals surface area contributed by atoms with Crippen molar-refractivity contribution in [2.24, 2.45) is 17.8 Å². The highest BCUT2D eigenvalue weighted by Crippen LogP contribution is 2.28. The van der Waals surface area contributed by atoms with Gasteiger partial charge in [0.1, 0.15) is 6.10 Å². The van der Waals surface area contributed by atoms with Crippen LogP contribution < -0.4 is 10.6 Å². The molecule has 2 rings (SSSR count). The maximum absolute atomic E-state index is 13.2. The van der Waals surface area contributed by atoms with Crippen LogP contribution in [0.1, 0.15) is 57.4 Å². The number of aliphatic hydroxyl groups excluding tert-OH is 2. The molecule has 0 radical (unpaired) electrons. The monoisotopic (exact) mass is 577 g/mol. The fourth-order valence-electron chi connectivity index (χ4n) is 5.18. The van der Waals surface area contributed by atoms with Gasteiger partial charge in [-0.3, -0.25) is 13.8 Å². The SMILES string of the molecule is C=CC[C@H](O)[C@H](O)[C@H](CC1CCCCC1)NC(=O)[C@H](C)CNC(=O)[C@H](Cc1ccccc1)CS(=O)CCN(C)C. The van der Waals surface area contributed by atoms with Crippen LogP contribution in [0.2, 0.25) is 0 Å². The predicted molar refractivity (Wildman–Crippen MR) is 162 cm³/mol. The van der Waals surface area contributed by atoms with E-state index in [1.54, 1.807) is 13.0 Å². The number of rotatable bonds is 18. The summed E-state index contributed by atoms with van der Waals surface area (Å²) in [4.78, 5) is 28.4. The molecule has 0 bridgehead atoms. The molecule has 9 heteroatoms. The lowest BCUT2D eigenvalue weighted by Crippen LogP contribution is -2.52. The molecule has 8 nitrogen and oxygen atoms in total. The van der Waals surface area contributed by atoms with E-state index in [2.05, 4.69) is 17.2 Å². The molecule has 1 unspecified atom stereocenters. The van der Waals surface area contributed by atoms with Gasteiger partial charge in [0.25, 0.3) is 0 Å². The Morgan fingerprint density at radius 3 is 2.42 bits per heavy atom. The van der Waals surface area contributed by atoms with Gasteiger partial charge in [-0.15, -0.1) is 6.58 Å². The van der Waals surface area contributed by atoms with Crippen LogP contribution in [-0.2, 0) is 26.8 Å². The van der Waals surface area contributed by atoms with E-state index >= 15 is 0 Å². The molecule has 40 heavy (non-hydrogen) atoms. The van der Waals surface area contributed by atoms with E-state index in [9.17, 15) is 24.0 Å². The number of hydrogen-bond acceptors (Lipinski definition) is 6. The van der Waals surface area contributed by atoms with Crippen molar-refractivity contribution < 1.29 is 24.0 Å². The molecular formula is C31H51N3O5S. The Morgan fingerprint density at radius 2 is 1.80 bits per heavy atom. The van der Waals surface area contributed by atoms with E-state index in [0.717, 1.165) is 31.2 Å². The molecule has 4 N–H and O–H groups in total. The van der Waals surface area contributed by atoms with Crippen molar-refractivity contribution in [3.63, 3.8) is 0 Å². The van der Waals surface area contributed by atoms with Crippen molar-refractivity contribution in [3.05, 3.63) is 48.6 Å². The molecule has 1 saturated carbocycles. The molecule has 1 aliphatic rings. The van der Waals surface area contributed by atoms with Crippen LogP contribution in [0.5, 0.6) is 0 Å². The molecule has 0 saturated heterocycles. The van der Waals surface area contributed by atoms with Crippen molar-refractivity contribution in [2.45, 2.75) is 76.5 Å². The summed E-state index contributed by atoms with van der Waals surface area (Å²) in [5.74, 6) is -0.374. The van der Waals surface area contributed by atoms with E-state index < -0.39 is 40.9 Å². The molecule has 1 fully saturated rings. The largest absolute Gasteiger partial charge is 0.390 e. The fourth-order valence-corrected chi connectivity index (χ4v) is 6.63. The molecule has 0 heterocycles. The smallest absolute Gasteiger partial charge is 0.224 e. The average Bonchev–Trinajstić information content (AvgIpc) is 2.94. The molecule has 0 spiro atoms. The number of nitrogens with one attached hydrogen (secondary N) is 2. The minimum atomic E-state index is -1.15. The normalized spacial score (nSPS) is 18.8. The van der Waals surface area contributed by atoms with Gasteiger partial charge in [-0.1, -0.05) is 75.4 Å². The van der Waals surface area contributed by atoms with Crippen LogP contribution in [0, 0.1) is 17.8 Å². The number of carbonyl (C=O) groups excluding carboxylic acids is 2. The van der Waals surface area contributed by atoms with Crippen molar-refractivity contribution >= 4 is 22.6 Å². The van der Waals surface area contributed by atoms with Gasteiger partial charge < -0.3 is 25.7 Å². The second-order valence-electron chi connectivity index (χ2n) is 11.6. The van der Waals surface area contributed by atoms with E-state index in [1.807, 2.05) is 49.3 Å². The Hall–Kier alpha value is -2.07. The lowest BCUT2D eigenvalue weighted by molar-refractivity contribution is -0.128. The lowest BCUT2D eigenvalue weighted by Gasteiger charge is -2.32. The van der Waals surface area contributed by atoms with E-state index in [4.69, 9.17) is 0 Å². The van der Waals surface area contributed by atoms with E-state index in [1.165, 1.54) is 6.42 Å². The Bertz CT molecular complexity index is 923. The van der Waals surface area contributed by atoms with Crippen LogP contribution in [-0.4, -0.2) is 88.1 Å². The third kappa shape index (κ3) is 12.6. The number of benzene rings is 1. The van der Waals surface area contributed by atoms with Gasteiger partial charge in [0, 0.05) is 35.4 Å². The first-order chi connectivity index (χ1) is 19.1. The Balaban J connectivity index is 2.00. The summed E-state index contributed by atoms with van der Waals surface area (Å²) in [6, 6.07) is 9.10. The average molecular weight is 578 g/mol. The molecular weight excluding hydrogens is 526 g/mol. The van der Waals surface area contributed by atoms with Crippen LogP contribution in [0.3, 0.4) is 0 Å². The Labute approximate surface area is 243 Å². The van der Waals surface area contributed by atoms with Gasteiger partial charge >= 0.3 is 0 Å². The predicted octanol–water partition coefficient (Wildman–Crippen LogP) is 2.66. The standard InChI is InChI=1S/C31H51N3O5S/c1-5-12-28(35)29(36)27(20-25-15-10-7-11-16-25)33-30(37)23(2)21-32-31(38)26(19-24-13-8-6-9-14-24)22-40(39)18-17-34(3)4/h5-6,8-9,13-14,23,25-29,35-36H,1,7,10-12,15-22H2,2-4H3,(H,32,38)(H,33,37)/t23-,26-,27+,28+,29-,40?/m1/s1. The molecule has 1 aromatic carbocycles. The molecule has 1 aromatic rings. The van der Waals surface area contributed by atoms with Crippen LogP contribution in [0.15, 0.2) is 43.0 Å². The highest BCUT2D eigenvalue weighted by atomic mass is 32.2. The van der Waals surface area contributed by atoms with E-state index in [-0.39, 0.29) is 30.5 Å². The first-order valence-electron chi connectivity index (χ1n) is 14.7. The zero-order valence-electron chi connectivity index (χ0n) is 24.6. The minimum Gasteiger partial charge on any atom is -0.390 e. The maximum atomic E-state index is 13.2. The summed E-state index contributed by atoms with van der Waals surface area (Å²) in [6.45, 7) is 6.19. The summed E-state index contributed by atoms with van der Waals surface area (Å²) >= 11 is 0. The second kappa shape index (κ2) is 18.4. The maximum Gasteiger partial charge on any atom is 0.224 e. The van der Waals surface area contributed by atoms with Crippen molar-refractivity contribution in [2.75, 3.05) is 38.7 Å². The first kappa shape index (κ1) is 34.1. The quantitative estimate of drug-likeness (QED) is 0.199. The van der Waals surface area contributed by atoms with Gasteiger partial charge in [-0.05, 0) is 44.8 Å². The number of hydrogen-bond donors (Lipinski definition) is 4. The molecule has 1 aliphatic carbocycles. The zero-order chi connectivity index (χ0) is 29.5. The minimum absolute atomic E-state index is 0.127. The third-order valence-corrected chi connectivity index (χ3v) is 9.15. The lowest BCUT2D eigenvalue weighted by atomic mass is 9.82. The zero-order valence-corrected chi connectivity index (χ0v) is 25.4. The topological polar surface area (TPSA) is 119 Å². The summed E-state index contributed by atoms with van der Waals surface area (Å²) in [6.07, 6.45) is 6.38.